The van der Waals surface area contributed by atoms with Gasteiger partial charge < -0.3 is 0 Å². The molecule has 0 radical (unpaired) electrons. The number of hydrogen-bond donors (Lipinski definition) is 0. The average Bonchev–Trinajstić information content (AvgIpc) is 2.50. The summed E-state index contributed by atoms with van der Waals surface area (Å²) >= 11 is 1.58. The second-order valence-electron chi connectivity index (χ2n) is 4.55. The van der Waals surface area contributed by atoms with Crippen LogP contribution in [0.15, 0.2) is 64.5 Å². The third-order valence-electron chi connectivity index (χ3n) is 3.15. The lowest BCUT2D eigenvalue weighted by molar-refractivity contribution is 0.726. The van der Waals surface area contributed by atoms with Crippen LogP contribution in [0.25, 0.3) is 10.9 Å². The molecule has 0 saturated heterocycles. The van der Waals surface area contributed by atoms with Gasteiger partial charge in [-0.05, 0) is 17.7 Å². The number of aromatic nitrogens is 2. The van der Waals surface area contributed by atoms with Gasteiger partial charge in [-0.25, -0.2) is 4.98 Å². The third-order valence-corrected chi connectivity index (χ3v) is 4.25. The fourth-order valence-corrected chi connectivity index (χ4v) is 2.98. The Balaban J connectivity index is 0.00000161. The Morgan fingerprint density at radius 3 is 2.48 bits per heavy atom. The van der Waals surface area contributed by atoms with Crippen molar-refractivity contribution in [3.8, 4) is 0 Å². The van der Waals surface area contributed by atoms with Gasteiger partial charge in [0.25, 0.3) is 5.56 Å². The molecule has 3 rings (SSSR count). The molecule has 3 nitrogen and oxygen atoms in total. The van der Waals surface area contributed by atoms with E-state index in [0.29, 0.717) is 5.39 Å². The normalized spacial score (nSPS) is 10.3. The van der Waals surface area contributed by atoms with Gasteiger partial charge in [-0.3, -0.25) is 9.36 Å². The summed E-state index contributed by atoms with van der Waals surface area (Å²) in [6, 6.07) is 17.6. The maximum atomic E-state index is 12.3. The summed E-state index contributed by atoms with van der Waals surface area (Å²) in [4.78, 5) is 16.8. The molecule has 2 aromatic carbocycles. The smallest absolute Gasteiger partial charge is 0.261 e. The van der Waals surface area contributed by atoms with E-state index in [-0.39, 0.29) is 22.5 Å². The van der Waals surface area contributed by atoms with Crippen LogP contribution in [0, 0.1) is 0 Å². The van der Waals surface area contributed by atoms with Crippen molar-refractivity contribution in [3.05, 3.63) is 70.5 Å². The van der Waals surface area contributed by atoms with Gasteiger partial charge >= 0.3 is 0 Å². The summed E-state index contributed by atoms with van der Waals surface area (Å²) in [5.41, 5.74) is 1.98. The first-order valence-corrected chi connectivity index (χ1v) is 7.37. The molecule has 0 aliphatic heterocycles. The Hall–Kier alpha value is -1.59. The van der Waals surface area contributed by atoms with Crippen LogP contribution in [0.5, 0.6) is 0 Å². The van der Waals surface area contributed by atoms with Gasteiger partial charge in [-0.2, -0.15) is 0 Å². The van der Waals surface area contributed by atoms with Gasteiger partial charge in [0, 0.05) is 12.8 Å². The maximum absolute atomic E-state index is 12.3. The number of para-hydroxylation sites is 1. The Labute approximate surface area is 137 Å². The lowest BCUT2D eigenvalue weighted by atomic mass is 10.2. The highest BCUT2D eigenvalue weighted by molar-refractivity contribution is 8.93. The van der Waals surface area contributed by atoms with Crippen LogP contribution >= 0.6 is 28.7 Å². The van der Waals surface area contributed by atoms with E-state index >= 15 is 0 Å². The van der Waals surface area contributed by atoms with E-state index in [9.17, 15) is 4.79 Å². The van der Waals surface area contributed by atoms with Crippen molar-refractivity contribution in [2.75, 3.05) is 0 Å². The molecule has 0 saturated carbocycles. The second kappa shape index (κ2) is 6.91. The monoisotopic (exact) mass is 362 g/mol. The highest BCUT2D eigenvalue weighted by atomic mass is 79.9. The Kier molecular flexibility index (Phi) is 5.20. The minimum Gasteiger partial charge on any atom is -0.290 e. The molecule has 0 fully saturated rings. The minimum atomic E-state index is 0. The topological polar surface area (TPSA) is 34.9 Å². The van der Waals surface area contributed by atoms with Crippen molar-refractivity contribution in [3.63, 3.8) is 0 Å². The van der Waals surface area contributed by atoms with Crippen molar-refractivity contribution in [1.29, 1.82) is 0 Å². The fraction of sp³-hybridized carbons (Fsp3) is 0.125. The Bertz CT molecular complexity index is 802. The van der Waals surface area contributed by atoms with Crippen LogP contribution in [0.1, 0.15) is 5.56 Å². The van der Waals surface area contributed by atoms with Crippen molar-refractivity contribution in [1.82, 2.24) is 9.55 Å². The summed E-state index contributed by atoms with van der Waals surface area (Å²) in [6.45, 7) is 0. The average molecular weight is 363 g/mol. The number of nitrogens with zero attached hydrogens (tertiary/aromatic N) is 2. The van der Waals surface area contributed by atoms with Crippen molar-refractivity contribution < 1.29 is 0 Å². The first kappa shape index (κ1) is 15.8. The fourth-order valence-electron chi connectivity index (χ4n) is 2.05. The van der Waals surface area contributed by atoms with Crippen LogP contribution in [-0.2, 0) is 12.8 Å². The number of hydrogen-bond acceptors (Lipinski definition) is 3. The van der Waals surface area contributed by atoms with E-state index < -0.39 is 0 Å². The summed E-state index contributed by atoms with van der Waals surface area (Å²) < 4.78 is 1.62. The Morgan fingerprint density at radius 2 is 1.71 bits per heavy atom. The summed E-state index contributed by atoms with van der Waals surface area (Å²) in [7, 11) is 1.77. The largest absolute Gasteiger partial charge is 0.290 e. The molecule has 108 valence electrons. The predicted octanol–water partition coefficient (Wildman–Crippen LogP) is 3.80. The molecule has 0 aliphatic rings. The number of fused-ring (bicyclic) bond motifs is 1. The van der Waals surface area contributed by atoms with Gasteiger partial charge in [-0.1, -0.05) is 54.2 Å². The number of halogens is 1. The molecule has 0 N–H and O–H groups in total. The van der Waals surface area contributed by atoms with Gasteiger partial charge in [0.1, 0.15) is 0 Å². The molecule has 0 amide bonds. The molecule has 1 aromatic heterocycles. The first-order chi connectivity index (χ1) is 9.75. The molecule has 21 heavy (non-hydrogen) atoms. The number of rotatable bonds is 3. The van der Waals surface area contributed by atoms with Crippen LogP contribution in [0.3, 0.4) is 0 Å². The van der Waals surface area contributed by atoms with Crippen molar-refractivity contribution in [2.24, 2.45) is 7.05 Å². The lowest BCUT2D eigenvalue weighted by Crippen LogP contribution is -2.19. The molecule has 0 bridgehead atoms. The molecule has 0 spiro atoms. The van der Waals surface area contributed by atoms with Crippen LogP contribution < -0.4 is 5.56 Å². The van der Waals surface area contributed by atoms with Crippen LogP contribution in [-0.4, -0.2) is 9.55 Å². The van der Waals surface area contributed by atoms with Gasteiger partial charge in [0.05, 0.1) is 10.9 Å². The standard InChI is InChI=1S/C16H14N2OS.BrH/c1-18-15(19)13-9-5-6-10-14(13)17-16(18)20-11-12-7-3-2-4-8-12;/h2-10H,11H2,1H3;1H. The zero-order valence-corrected chi connectivity index (χ0v) is 14.1. The number of thioether (sulfide) groups is 1. The van der Waals surface area contributed by atoms with E-state index in [0.717, 1.165) is 16.4 Å². The molecular weight excluding hydrogens is 348 g/mol. The quantitative estimate of drug-likeness (QED) is 0.524. The Morgan fingerprint density at radius 1 is 1.05 bits per heavy atom. The van der Waals surface area contributed by atoms with Crippen molar-refractivity contribution in [2.45, 2.75) is 10.9 Å². The van der Waals surface area contributed by atoms with E-state index in [1.807, 2.05) is 42.5 Å². The highest BCUT2D eigenvalue weighted by Gasteiger charge is 2.08. The molecule has 5 heteroatoms. The van der Waals surface area contributed by atoms with Crippen molar-refractivity contribution >= 4 is 39.6 Å². The molecule has 0 unspecified atom stereocenters. The predicted molar refractivity (Wildman–Crippen MR) is 93.3 cm³/mol. The molecule has 3 aromatic rings. The van der Waals surface area contributed by atoms with Gasteiger partial charge in [0.15, 0.2) is 5.16 Å². The molecule has 0 aliphatic carbocycles. The van der Waals surface area contributed by atoms with E-state index in [1.165, 1.54) is 5.56 Å². The summed E-state index contributed by atoms with van der Waals surface area (Å²) in [5.74, 6) is 0.805. The number of benzene rings is 2. The molecular formula is C16H15BrN2OS. The maximum Gasteiger partial charge on any atom is 0.261 e. The first-order valence-electron chi connectivity index (χ1n) is 6.38. The summed E-state index contributed by atoms with van der Waals surface area (Å²) in [5, 5.41) is 1.41. The van der Waals surface area contributed by atoms with Crippen LogP contribution in [0.2, 0.25) is 0 Å². The molecule has 1 heterocycles. The SMILES string of the molecule is Br.Cn1c(SCc2ccccc2)nc2ccccc2c1=O. The lowest BCUT2D eigenvalue weighted by Gasteiger charge is -2.08. The van der Waals surface area contributed by atoms with Gasteiger partial charge in [-0.15, -0.1) is 17.0 Å². The zero-order chi connectivity index (χ0) is 13.9. The second-order valence-corrected chi connectivity index (χ2v) is 5.49. The summed E-state index contributed by atoms with van der Waals surface area (Å²) in [6.07, 6.45) is 0. The molecule has 0 atom stereocenters. The van der Waals surface area contributed by atoms with E-state index in [1.54, 1.807) is 23.4 Å². The third kappa shape index (κ3) is 3.36. The van der Waals surface area contributed by atoms with E-state index in [2.05, 4.69) is 17.1 Å². The zero-order valence-electron chi connectivity index (χ0n) is 11.5. The highest BCUT2D eigenvalue weighted by Crippen LogP contribution is 2.21. The van der Waals surface area contributed by atoms with Crippen LogP contribution in [0.4, 0.5) is 0 Å². The van der Waals surface area contributed by atoms with E-state index in [4.69, 9.17) is 0 Å². The minimum absolute atomic E-state index is 0. The van der Waals surface area contributed by atoms with Gasteiger partial charge in [0.2, 0.25) is 0 Å².